The van der Waals surface area contributed by atoms with Crippen LogP contribution in [0.2, 0.25) is 0 Å². The number of hydrogen-bond acceptors (Lipinski definition) is 5. The molecule has 3 aromatic carbocycles. The third-order valence-electron chi connectivity index (χ3n) is 8.04. The van der Waals surface area contributed by atoms with Crippen molar-refractivity contribution in [2.45, 2.75) is 31.7 Å². The van der Waals surface area contributed by atoms with Gasteiger partial charge >= 0.3 is 6.18 Å². The van der Waals surface area contributed by atoms with E-state index in [9.17, 15) is 18.3 Å². The minimum atomic E-state index is -4.60. The minimum absolute atomic E-state index is 0. The largest absolute Gasteiger partial charge is 0.433 e. The van der Waals surface area contributed by atoms with Crippen LogP contribution in [0.15, 0.2) is 97.1 Å². The number of nitrogens with one attached hydrogen (secondary N) is 1. The van der Waals surface area contributed by atoms with E-state index in [1.165, 1.54) is 11.1 Å². The Hall–Kier alpha value is -3.27. The molecule has 5 nitrogen and oxygen atoms in total. The summed E-state index contributed by atoms with van der Waals surface area (Å²) in [5.41, 5.74) is 3.58. The van der Waals surface area contributed by atoms with Crippen LogP contribution in [0.5, 0.6) is 0 Å². The van der Waals surface area contributed by atoms with Crippen molar-refractivity contribution in [3.8, 4) is 11.3 Å². The van der Waals surface area contributed by atoms with E-state index in [0.29, 0.717) is 12.1 Å². The second-order valence-electron chi connectivity index (χ2n) is 11.2. The van der Waals surface area contributed by atoms with Gasteiger partial charge in [0.25, 0.3) is 0 Å². The molecule has 4 aromatic rings. The summed E-state index contributed by atoms with van der Waals surface area (Å²) < 4.78 is 40.8. The van der Waals surface area contributed by atoms with Gasteiger partial charge in [-0.15, -0.1) is 12.4 Å². The number of rotatable bonds is 11. The highest BCUT2D eigenvalue weighted by molar-refractivity contribution is 5.85. The molecule has 1 aromatic heterocycles. The van der Waals surface area contributed by atoms with E-state index in [4.69, 9.17) is 0 Å². The molecule has 2 heterocycles. The number of aliphatic hydroxyl groups excluding tert-OH is 1. The lowest BCUT2D eigenvalue weighted by atomic mass is 9.96. The summed E-state index contributed by atoms with van der Waals surface area (Å²) in [7, 11) is 0. The van der Waals surface area contributed by atoms with Gasteiger partial charge in [-0.2, -0.15) is 13.2 Å². The van der Waals surface area contributed by atoms with Crippen molar-refractivity contribution < 1.29 is 18.3 Å². The number of aromatic nitrogens is 1. The molecule has 0 saturated carbocycles. The van der Waals surface area contributed by atoms with E-state index in [1.807, 2.05) is 19.1 Å². The molecule has 9 heteroatoms. The smallest absolute Gasteiger partial charge is 0.387 e. The zero-order valence-electron chi connectivity index (χ0n) is 24.9. The minimum Gasteiger partial charge on any atom is -0.387 e. The Morgan fingerprint density at radius 1 is 0.818 bits per heavy atom. The normalized spacial score (nSPS) is 15.2. The quantitative estimate of drug-likeness (QED) is 0.178. The summed E-state index contributed by atoms with van der Waals surface area (Å²) in [5, 5.41) is 14.0. The van der Waals surface area contributed by atoms with Crippen LogP contribution in [0, 0.1) is 6.92 Å². The Kier molecular flexibility index (Phi) is 11.9. The topological polar surface area (TPSA) is 51.6 Å². The van der Waals surface area contributed by atoms with Crippen LogP contribution in [-0.2, 0) is 6.18 Å². The number of pyridine rings is 1. The molecule has 234 valence electrons. The fourth-order valence-corrected chi connectivity index (χ4v) is 5.68. The van der Waals surface area contributed by atoms with Gasteiger partial charge in [0.2, 0.25) is 0 Å². The van der Waals surface area contributed by atoms with E-state index in [-0.39, 0.29) is 36.3 Å². The highest BCUT2D eigenvalue weighted by Gasteiger charge is 2.34. The summed E-state index contributed by atoms with van der Waals surface area (Å²) in [5.74, 6) is 0. The molecule has 0 amide bonds. The van der Waals surface area contributed by atoms with E-state index < -0.39 is 18.0 Å². The van der Waals surface area contributed by atoms with Crippen LogP contribution in [0.25, 0.3) is 11.3 Å². The van der Waals surface area contributed by atoms with Crippen LogP contribution in [0.3, 0.4) is 0 Å². The van der Waals surface area contributed by atoms with E-state index >= 15 is 0 Å². The highest BCUT2D eigenvalue weighted by Crippen LogP contribution is 2.33. The predicted octanol–water partition coefficient (Wildman–Crippen LogP) is 6.92. The highest BCUT2D eigenvalue weighted by atomic mass is 35.5. The number of halogens is 4. The van der Waals surface area contributed by atoms with Gasteiger partial charge in [0, 0.05) is 38.3 Å². The Morgan fingerprint density at radius 2 is 1.41 bits per heavy atom. The van der Waals surface area contributed by atoms with Crippen molar-refractivity contribution >= 4 is 12.4 Å². The van der Waals surface area contributed by atoms with Crippen molar-refractivity contribution in [1.82, 2.24) is 20.1 Å². The predicted molar refractivity (Wildman–Crippen MR) is 172 cm³/mol. The molecular formula is C35H40ClF3N4O. The van der Waals surface area contributed by atoms with E-state index in [1.54, 1.807) is 18.2 Å². The van der Waals surface area contributed by atoms with Crippen molar-refractivity contribution in [3.05, 3.63) is 125 Å². The lowest BCUT2D eigenvalue weighted by molar-refractivity contribution is -0.141. The molecular weight excluding hydrogens is 585 g/mol. The Balaban J connectivity index is 0.00000442. The zero-order chi connectivity index (χ0) is 30.2. The number of aliphatic hydroxyl groups is 1. The number of aryl methyl sites for hydroxylation is 1. The fraction of sp³-hybridized carbons (Fsp3) is 0.343. The Morgan fingerprint density at radius 3 is 1.98 bits per heavy atom. The van der Waals surface area contributed by atoms with E-state index in [2.05, 4.69) is 80.8 Å². The first-order chi connectivity index (χ1) is 20.8. The SMILES string of the molecule is Cc1ccc(-c2cc(C(O)CNCCCN3CCN(C(c4ccccc4)c4ccccc4)CC3)cc(C(F)(F)F)n2)cc1.Cl. The van der Waals surface area contributed by atoms with E-state index in [0.717, 1.165) is 50.8 Å². The number of nitrogens with zero attached hydrogens (tertiary/aromatic N) is 3. The number of piperazine rings is 1. The van der Waals surface area contributed by atoms with Gasteiger partial charge in [0.1, 0.15) is 5.69 Å². The van der Waals surface area contributed by atoms with Gasteiger partial charge < -0.3 is 15.3 Å². The first-order valence-electron chi connectivity index (χ1n) is 14.9. The lowest BCUT2D eigenvalue weighted by Gasteiger charge is -2.40. The molecule has 1 unspecified atom stereocenters. The van der Waals surface area contributed by atoms with Crippen LogP contribution >= 0.6 is 12.4 Å². The molecule has 1 atom stereocenters. The summed E-state index contributed by atoms with van der Waals surface area (Å²) in [6.45, 7) is 7.53. The molecule has 0 radical (unpaired) electrons. The molecule has 0 bridgehead atoms. The van der Waals surface area contributed by atoms with Crippen LogP contribution in [0.4, 0.5) is 13.2 Å². The Bertz CT molecular complexity index is 1390. The number of hydrogen-bond donors (Lipinski definition) is 2. The molecule has 0 spiro atoms. The third kappa shape index (κ3) is 8.89. The first kappa shape index (κ1) is 33.6. The Labute approximate surface area is 264 Å². The molecule has 44 heavy (non-hydrogen) atoms. The van der Waals surface area contributed by atoms with Crippen molar-refractivity contribution in [2.24, 2.45) is 0 Å². The van der Waals surface area contributed by atoms with Crippen LogP contribution in [0.1, 0.15) is 46.5 Å². The third-order valence-corrected chi connectivity index (χ3v) is 8.04. The zero-order valence-corrected chi connectivity index (χ0v) is 25.7. The average Bonchev–Trinajstić information content (AvgIpc) is 3.02. The molecule has 5 rings (SSSR count). The van der Waals surface area contributed by atoms with Gasteiger partial charge in [-0.3, -0.25) is 4.90 Å². The second-order valence-corrected chi connectivity index (χ2v) is 11.2. The molecule has 1 saturated heterocycles. The van der Waals surface area contributed by atoms with Crippen LogP contribution < -0.4 is 5.32 Å². The first-order valence-corrected chi connectivity index (χ1v) is 14.9. The van der Waals surface area contributed by atoms with Gasteiger partial charge in [0.15, 0.2) is 0 Å². The summed E-state index contributed by atoms with van der Waals surface area (Å²) >= 11 is 0. The van der Waals surface area contributed by atoms with Crippen LogP contribution in [-0.4, -0.2) is 65.7 Å². The van der Waals surface area contributed by atoms with Crippen molar-refractivity contribution in [3.63, 3.8) is 0 Å². The molecule has 1 aliphatic rings. The molecule has 1 fully saturated rings. The fourth-order valence-electron chi connectivity index (χ4n) is 5.68. The van der Waals surface area contributed by atoms with Gasteiger partial charge in [0.05, 0.1) is 17.8 Å². The maximum absolute atomic E-state index is 13.6. The number of alkyl halides is 3. The van der Waals surface area contributed by atoms with Gasteiger partial charge in [-0.25, -0.2) is 4.98 Å². The summed E-state index contributed by atoms with van der Waals surface area (Å²) in [6.07, 6.45) is -4.80. The average molecular weight is 625 g/mol. The molecule has 1 aliphatic heterocycles. The molecule has 2 N–H and O–H groups in total. The lowest BCUT2D eigenvalue weighted by Crippen LogP contribution is -2.48. The number of benzene rings is 3. The standard InChI is InChI=1S/C35H39F3N4O.ClH/c1-26-13-15-27(16-14-26)31-23-30(24-33(40-31)35(36,37)38)32(43)25-39-17-8-18-41-19-21-42(22-20-41)34(28-9-4-2-5-10-28)29-11-6-3-7-12-29;/h2-7,9-16,23-24,32,34,39,43H,8,17-22,25H2,1H3;1H. The maximum Gasteiger partial charge on any atom is 0.433 e. The van der Waals surface area contributed by atoms with Crippen molar-refractivity contribution in [2.75, 3.05) is 45.8 Å². The van der Waals surface area contributed by atoms with Gasteiger partial charge in [-0.05, 0) is 55.3 Å². The second kappa shape index (κ2) is 15.6. The van der Waals surface area contributed by atoms with Crippen molar-refractivity contribution in [1.29, 1.82) is 0 Å². The summed E-state index contributed by atoms with van der Waals surface area (Å²) in [4.78, 5) is 8.83. The van der Waals surface area contributed by atoms with Gasteiger partial charge in [-0.1, -0.05) is 90.5 Å². The molecule has 0 aliphatic carbocycles. The maximum atomic E-state index is 13.6. The monoisotopic (exact) mass is 624 g/mol. The summed E-state index contributed by atoms with van der Waals surface area (Å²) in [6, 6.07) is 31.2.